The fourth-order valence-electron chi connectivity index (χ4n) is 2.33. The van der Waals surface area contributed by atoms with E-state index in [1.54, 1.807) is 6.07 Å². The number of aliphatic hydroxyl groups excluding tert-OH is 1. The molecule has 1 N–H and O–H groups in total. The third-order valence-electron chi connectivity index (χ3n) is 3.52. The summed E-state index contributed by atoms with van der Waals surface area (Å²) in [5.74, 6) is -1.14. The van der Waals surface area contributed by atoms with Crippen molar-refractivity contribution in [3.63, 3.8) is 0 Å². The summed E-state index contributed by atoms with van der Waals surface area (Å²) in [7, 11) is 0. The van der Waals surface area contributed by atoms with Crippen molar-refractivity contribution in [2.75, 3.05) is 18.0 Å². The van der Waals surface area contributed by atoms with Gasteiger partial charge in [0.1, 0.15) is 12.0 Å². The molecule has 1 fully saturated rings. The molecule has 1 aromatic heterocycles. The lowest BCUT2D eigenvalue weighted by molar-refractivity contribution is 0.271. The van der Waals surface area contributed by atoms with E-state index in [1.165, 1.54) is 29.3 Å². The Bertz CT molecular complexity index is 672. The second-order valence-electron chi connectivity index (χ2n) is 4.97. The Morgan fingerprint density at radius 3 is 2.67 bits per heavy atom. The number of rotatable bonds is 3. The number of aliphatic hydroxyl groups is 1. The fraction of sp³-hybridized carbons (Fsp3) is 0.267. The van der Waals surface area contributed by atoms with E-state index in [0.29, 0.717) is 0 Å². The summed E-state index contributed by atoms with van der Waals surface area (Å²) in [6.07, 6.45) is 0.397. The van der Waals surface area contributed by atoms with Gasteiger partial charge in [0.2, 0.25) is 0 Å². The molecular weight excluding hydrogens is 281 g/mol. The third kappa shape index (κ3) is 2.47. The molecule has 1 saturated heterocycles. The van der Waals surface area contributed by atoms with Gasteiger partial charge in [0.05, 0.1) is 19.7 Å². The minimum absolute atomic E-state index is 0.0753. The molecule has 1 aliphatic heterocycles. The van der Waals surface area contributed by atoms with Crippen molar-refractivity contribution in [2.24, 2.45) is 0 Å². The van der Waals surface area contributed by atoms with Crippen molar-refractivity contribution in [3.8, 4) is 11.1 Å². The first kappa shape index (κ1) is 13.9. The summed E-state index contributed by atoms with van der Waals surface area (Å²) in [4.78, 5) is 5.45. The molecule has 0 spiro atoms. The van der Waals surface area contributed by atoms with E-state index < -0.39 is 24.4 Å². The summed E-state index contributed by atoms with van der Waals surface area (Å²) in [5, 5.41) is 9.05. The van der Waals surface area contributed by atoms with E-state index in [0.717, 1.165) is 0 Å². The molecule has 0 aliphatic carbocycles. The highest BCUT2D eigenvalue weighted by molar-refractivity contribution is 5.66. The number of halogens is 3. The standard InChI is InChI=1S/C15H13F3N2O/c16-11-6-20(7-11)15-13(17)4-10(5-19-15)12-3-1-2-9(8-21)14(12)18/h1-5,11,21H,6-8H2. The van der Waals surface area contributed by atoms with Gasteiger partial charge in [-0.3, -0.25) is 0 Å². The Kier molecular flexibility index (Phi) is 3.55. The molecular formula is C15H13F3N2O. The smallest absolute Gasteiger partial charge is 0.166 e. The van der Waals surface area contributed by atoms with Gasteiger partial charge in [0.25, 0.3) is 0 Å². The van der Waals surface area contributed by atoms with Gasteiger partial charge in [-0.2, -0.15) is 0 Å². The lowest BCUT2D eigenvalue weighted by Crippen LogP contribution is -2.49. The predicted molar refractivity (Wildman–Crippen MR) is 72.6 cm³/mol. The van der Waals surface area contributed by atoms with Gasteiger partial charge in [-0.25, -0.2) is 18.2 Å². The number of hydrogen-bond acceptors (Lipinski definition) is 3. The maximum Gasteiger partial charge on any atom is 0.166 e. The van der Waals surface area contributed by atoms with E-state index in [1.807, 2.05) is 0 Å². The summed E-state index contributed by atoms with van der Waals surface area (Å²) in [6, 6.07) is 5.71. The van der Waals surface area contributed by atoms with Crippen LogP contribution in [0, 0.1) is 11.6 Å². The Morgan fingerprint density at radius 1 is 1.29 bits per heavy atom. The molecule has 6 heteroatoms. The van der Waals surface area contributed by atoms with Gasteiger partial charge in [0.15, 0.2) is 11.6 Å². The van der Waals surface area contributed by atoms with Gasteiger partial charge in [0, 0.05) is 22.9 Å². The van der Waals surface area contributed by atoms with Crippen LogP contribution in [0.4, 0.5) is 19.0 Å². The lowest BCUT2D eigenvalue weighted by Gasteiger charge is -2.35. The first-order valence-electron chi connectivity index (χ1n) is 6.53. The highest BCUT2D eigenvalue weighted by Crippen LogP contribution is 2.29. The molecule has 0 radical (unpaired) electrons. The van der Waals surface area contributed by atoms with Crippen LogP contribution in [0.3, 0.4) is 0 Å². The summed E-state index contributed by atoms with van der Waals surface area (Å²) >= 11 is 0. The Labute approximate surface area is 119 Å². The molecule has 1 aromatic carbocycles. The van der Waals surface area contributed by atoms with Gasteiger partial charge < -0.3 is 10.0 Å². The van der Waals surface area contributed by atoms with Crippen molar-refractivity contribution in [2.45, 2.75) is 12.8 Å². The van der Waals surface area contributed by atoms with Crippen LogP contribution in [0.15, 0.2) is 30.5 Å². The highest BCUT2D eigenvalue weighted by Gasteiger charge is 2.29. The molecule has 2 heterocycles. The number of hydrogen-bond donors (Lipinski definition) is 1. The van der Waals surface area contributed by atoms with Gasteiger partial charge in [-0.1, -0.05) is 18.2 Å². The number of anilines is 1. The molecule has 2 aromatic rings. The molecule has 0 amide bonds. The van der Waals surface area contributed by atoms with Crippen LogP contribution in [-0.2, 0) is 6.61 Å². The fourth-order valence-corrected chi connectivity index (χ4v) is 2.33. The first-order chi connectivity index (χ1) is 10.1. The van der Waals surface area contributed by atoms with Crippen molar-refractivity contribution in [1.82, 2.24) is 4.98 Å². The van der Waals surface area contributed by atoms with Crippen LogP contribution in [0.1, 0.15) is 5.56 Å². The van der Waals surface area contributed by atoms with E-state index in [4.69, 9.17) is 5.11 Å². The molecule has 0 bridgehead atoms. The minimum Gasteiger partial charge on any atom is -0.392 e. The number of aromatic nitrogens is 1. The third-order valence-corrected chi connectivity index (χ3v) is 3.52. The molecule has 0 saturated carbocycles. The van der Waals surface area contributed by atoms with E-state index in [2.05, 4.69) is 4.98 Å². The summed E-state index contributed by atoms with van der Waals surface area (Å²) < 4.78 is 41.0. The Morgan fingerprint density at radius 2 is 2.05 bits per heavy atom. The maximum absolute atomic E-state index is 14.1. The molecule has 110 valence electrons. The van der Waals surface area contributed by atoms with Crippen LogP contribution in [0.2, 0.25) is 0 Å². The van der Waals surface area contributed by atoms with Gasteiger partial charge >= 0.3 is 0 Å². The van der Waals surface area contributed by atoms with Crippen molar-refractivity contribution in [3.05, 3.63) is 47.7 Å². The predicted octanol–water partition coefficient (Wildman–Crippen LogP) is 2.68. The zero-order valence-electron chi connectivity index (χ0n) is 11.1. The average molecular weight is 294 g/mol. The molecule has 3 rings (SSSR count). The average Bonchev–Trinajstić information content (AvgIpc) is 2.44. The monoisotopic (exact) mass is 294 g/mol. The van der Waals surface area contributed by atoms with E-state index in [-0.39, 0.29) is 35.6 Å². The van der Waals surface area contributed by atoms with E-state index >= 15 is 0 Å². The zero-order chi connectivity index (χ0) is 15.0. The quantitative estimate of drug-likeness (QED) is 0.945. The Hall–Kier alpha value is -2.08. The second kappa shape index (κ2) is 5.37. The maximum atomic E-state index is 14.1. The van der Waals surface area contributed by atoms with Crippen LogP contribution in [0.25, 0.3) is 11.1 Å². The van der Waals surface area contributed by atoms with E-state index in [9.17, 15) is 13.2 Å². The number of alkyl halides is 1. The zero-order valence-corrected chi connectivity index (χ0v) is 11.1. The normalized spacial score (nSPS) is 15.1. The molecule has 3 nitrogen and oxygen atoms in total. The largest absolute Gasteiger partial charge is 0.392 e. The van der Waals surface area contributed by atoms with Crippen LogP contribution in [-0.4, -0.2) is 29.4 Å². The number of nitrogens with zero attached hydrogens (tertiary/aromatic N) is 2. The van der Waals surface area contributed by atoms with Crippen molar-refractivity contribution in [1.29, 1.82) is 0 Å². The number of pyridine rings is 1. The van der Waals surface area contributed by atoms with Crippen LogP contribution < -0.4 is 4.90 Å². The van der Waals surface area contributed by atoms with Gasteiger partial charge in [-0.15, -0.1) is 0 Å². The number of benzene rings is 1. The topological polar surface area (TPSA) is 36.4 Å². The van der Waals surface area contributed by atoms with Gasteiger partial charge in [-0.05, 0) is 6.07 Å². The highest BCUT2D eigenvalue weighted by atomic mass is 19.1. The summed E-state index contributed by atoms with van der Waals surface area (Å²) in [5.41, 5.74) is 0.591. The summed E-state index contributed by atoms with van der Waals surface area (Å²) in [6.45, 7) is -0.186. The molecule has 0 unspecified atom stereocenters. The first-order valence-corrected chi connectivity index (χ1v) is 6.53. The van der Waals surface area contributed by atoms with Crippen molar-refractivity contribution < 1.29 is 18.3 Å². The van der Waals surface area contributed by atoms with Crippen LogP contribution >= 0.6 is 0 Å². The lowest BCUT2D eigenvalue weighted by atomic mass is 10.0. The molecule has 1 aliphatic rings. The minimum atomic E-state index is -0.954. The SMILES string of the molecule is OCc1cccc(-c2cnc(N3CC(F)C3)c(F)c2)c1F. The molecule has 21 heavy (non-hydrogen) atoms. The second-order valence-corrected chi connectivity index (χ2v) is 4.97. The Balaban J connectivity index is 1.95. The van der Waals surface area contributed by atoms with Crippen molar-refractivity contribution >= 4 is 5.82 Å². The molecule has 0 atom stereocenters. The van der Waals surface area contributed by atoms with Crippen LogP contribution in [0.5, 0.6) is 0 Å².